The molecule has 0 radical (unpaired) electrons. The molecule has 0 bridgehead atoms. The Bertz CT molecular complexity index is 1220. The Morgan fingerprint density at radius 2 is 1.68 bits per heavy atom. The van der Waals surface area contributed by atoms with Crippen molar-refractivity contribution in [1.29, 1.82) is 0 Å². The van der Waals surface area contributed by atoms with Gasteiger partial charge in [0.2, 0.25) is 10.0 Å². The number of rotatable bonds is 6. The van der Waals surface area contributed by atoms with Gasteiger partial charge in [0, 0.05) is 17.0 Å². The number of carbonyl (C=O) groups excluding carboxylic acids is 1. The molecular weight excluding hydrogens is 552 g/mol. The molecule has 0 aliphatic carbocycles. The molecular formula is C21H21F6N3O5S2. The lowest BCUT2D eigenvalue weighted by molar-refractivity contribution is -0.150. The van der Waals surface area contributed by atoms with Gasteiger partial charge in [0.15, 0.2) is 0 Å². The summed E-state index contributed by atoms with van der Waals surface area (Å²) in [7, 11) is -4.23. The number of pyridine rings is 1. The largest absolute Gasteiger partial charge is 0.489 e. The second kappa shape index (κ2) is 10.3. The van der Waals surface area contributed by atoms with E-state index in [4.69, 9.17) is 9.94 Å². The summed E-state index contributed by atoms with van der Waals surface area (Å²) in [6, 6.07) is 4.23. The van der Waals surface area contributed by atoms with E-state index in [1.807, 2.05) is 0 Å². The van der Waals surface area contributed by atoms with Crippen molar-refractivity contribution in [2.24, 2.45) is 0 Å². The first-order chi connectivity index (χ1) is 17.0. The molecule has 1 amide bonds. The fourth-order valence-corrected chi connectivity index (χ4v) is 6.80. The number of carbonyl (C=O) groups is 1. The Balaban J connectivity index is 1.82. The lowest BCUT2D eigenvalue weighted by Gasteiger charge is -2.43. The van der Waals surface area contributed by atoms with Crippen LogP contribution in [0.5, 0.6) is 5.75 Å². The van der Waals surface area contributed by atoms with Crippen LogP contribution in [-0.2, 0) is 33.8 Å². The fourth-order valence-electron chi connectivity index (χ4n) is 3.69. The number of hydrogen-bond donors (Lipinski definition) is 2. The molecule has 3 rings (SSSR count). The van der Waals surface area contributed by atoms with Crippen molar-refractivity contribution < 1.29 is 49.5 Å². The normalized spacial score (nSPS) is 18.9. The minimum Gasteiger partial charge on any atom is -0.489 e. The monoisotopic (exact) mass is 573 g/mol. The van der Waals surface area contributed by atoms with Gasteiger partial charge in [-0.2, -0.15) is 42.4 Å². The Labute approximate surface area is 212 Å². The number of alkyl halides is 6. The van der Waals surface area contributed by atoms with Crippen molar-refractivity contribution in [2.45, 2.75) is 48.5 Å². The molecule has 2 N–H and O–H groups in total. The van der Waals surface area contributed by atoms with Crippen molar-refractivity contribution in [1.82, 2.24) is 14.8 Å². The maximum atomic E-state index is 13.3. The number of hydrogen-bond acceptors (Lipinski definition) is 7. The second-order valence-electron chi connectivity index (χ2n) is 8.45. The number of nitrogens with zero attached hydrogens (tertiary/aromatic N) is 2. The van der Waals surface area contributed by atoms with E-state index in [0.717, 1.165) is 16.4 Å². The number of amides is 1. The van der Waals surface area contributed by atoms with E-state index in [-0.39, 0.29) is 17.2 Å². The standard InChI is InChI=1S/C21H21F6N3O5S2/c1-19(2)17(18(31)29-32)30(7-8-36-19)37(33,34)14-5-3-13(4-6-14)35-11-12-9-15(20(22,23)24)28-16(10-12)21(25,26)27/h3-6,9-10,17,32H,7-8,11H2,1-2H3,(H,29,31). The SMILES string of the molecule is CC1(C)SCCN(S(=O)(=O)c2ccc(OCc3cc(C(F)(F)F)nc(C(F)(F)F)c3)cc2)C1C(=O)NO. The average molecular weight is 574 g/mol. The molecule has 0 spiro atoms. The Hall–Kier alpha value is -2.56. The highest BCUT2D eigenvalue weighted by molar-refractivity contribution is 8.00. The van der Waals surface area contributed by atoms with Gasteiger partial charge >= 0.3 is 12.4 Å². The van der Waals surface area contributed by atoms with Gasteiger partial charge in [0.05, 0.1) is 4.90 Å². The van der Waals surface area contributed by atoms with E-state index in [2.05, 4.69) is 4.98 Å². The van der Waals surface area contributed by atoms with Crippen molar-refractivity contribution >= 4 is 27.7 Å². The van der Waals surface area contributed by atoms with Crippen LogP contribution in [0.1, 0.15) is 30.8 Å². The highest BCUT2D eigenvalue weighted by Gasteiger charge is 2.48. The molecule has 16 heteroatoms. The summed E-state index contributed by atoms with van der Waals surface area (Å²) in [5, 5.41) is 9.11. The Kier molecular flexibility index (Phi) is 8.08. The summed E-state index contributed by atoms with van der Waals surface area (Å²) >= 11 is 1.36. The van der Waals surface area contributed by atoms with Crippen molar-refractivity contribution in [3.63, 3.8) is 0 Å². The predicted molar refractivity (Wildman–Crippen MR) is 119 cm³/mol. The van der Waals surface area contributed by atoms with Crippen LogP contribution in [0.25, 0.3) is 0 Å². The minimum absolute atomic E-state index is 0.0160. The van der Waals surface area contributed by atoms with Gasteiger partial charge in [0.25, 0.3) is 5.91 Å². The molecule has 204 valence electrons. The first-order valence-corrected chi connectivity index (χ1v) is 12.9. The van der Waals surface area contributed by atoms with Crippen LogP contribution in [0.2, 0.25) is 0 Å². The third-order valence-corrected chi connectivity index (χ3v) is 8.63. The third-order valence-electron chi connectivity index (χ3n) is 5.39. The topological polar surface area (TPSA) is 109 Å². The molecule has 2 heterocycles. The van der Waals surface area contributed by atoms with E-state index < -0.39 is 62.6 Å². The van der Waals surface area contributed by atoms with Gasteiger partial charge in [-0.15, -0.1) is 0 Å². The summed E-state index contributed by atoms with van der Waals surface area (Å²) in [5.74, 6) is -0.555. The number of aromatic nitrogens is 1. The number of halogens is 6. The molecule has 2 aromatic rings. The lowest BCUT2D eigenvalue weighted by Crippen LogP contribution is -2.61. The number of hydroxylamine groups is 1. The Morgan fingerprint density at radius 3 is 2.16 bits per heavy atom. The summed E-state index contributed by atoms with van der Waals surface area (Å²) in [6.45, 7) is 2.61. The van der Waals surface area contributed by atoms with E-state index in [9.17, 15) is 39.6 Å². The zero-order valence-corrected chi connectivity index (χ0v) is 20.9. The molecule has 0 saturated carbocycles. The smallest absolute Gasteiger partial charge is 0.433 e. The van der Waals surface area contributed by atoms with Crippen LogP contribution >= 0.6 is 11.8 Å². The lowest BCUT2D eigenvalue weighted by atomic mass is 10.0. The van der Waals surface area contributed by atoms with Gasteiger partial charge in [-0.1, -0.05) is 0 Å². The van der Waals surface area contributed by atoms with Gasteiger partial charge in [-0.05, 0) is 55.8 Å². The number of sulfonamides is 1. The molecule has 1 aromatic carbocycles. The fraction of sp³-hybridized carbons (Fsp3) is 0.429. The van der Waals surface area contributed by atoms with Crippen molar-refractivity contribution in [3.8, 4) is 5.75 Å². The van der Waals surface area contributed by atoms with E-state index in [1.165, 1.54) is 29.4 Å². The van der Waals surface area contributed by atoms with Crippen LogP contribution in [0, 0.1) is 0 Å². The molecule has 8 nitrogen and oxygen atoms in total. The minimum atomic E-state index is -5.11. The van der Waals surface area contributed by atoms with Crippen LogP contribution in [-0.4, -0.2) is 51.9 Å². The number of ether oxygens (including phenoxy) is 1. The maximum absolute atomic E-state index is 13.3. The predicted octanol–water partition coefficient (Wildman–Crippen LogP) is 4.09. The molecule has 1 aromatic heterocycles. The van der Waals surface area contributed by atoms with Gasteiger partial charge in [-0.3, -0.25) is 10.0 Å². The zero-order chi connectivity index (χ0) is 27.8. The summed E-state index contributed by atoms with van der Waals surface area (Å²) in [5.41, 5.74) is -2.42. The number of thioether (sulfide) groups is 1. The second-order valence-corrected chi connectivity index (χ2v) is 12.1. The highest BCUT2D eigenvalue weighted by Crippen LogP contribution is 2.39. The van der Waals surface area contributed by atoms with Crippen molar-refractivity contribution in [2.75, 3.05) is 12.3 Å². The van der Waals surface area contributed by atoms with E-state index in [1.54, 1.807) is 13.8 Å². The van der Waals surface area contributed by atoms with Crippen LogP contribution in [0.15, 0.2) is 41.3 Å². The summed E-state index contributed by atoms with van der Waals surface area (Å²) in [6.07, 6.45) is -10.2. The van der Waals surface area contributed by atoms with E-state index >= 15 is 0 Å². The van der Waals surface area contributed by atoms with Gasteiger partial charge < -0.3 is 4.74 Å². The van der Waals surface area contributed by atoms with Crippen LogP contribution < -0.4 is 10.2 Å². The summed E-state index contributed by atoms with van der Waals surface area (Å²) in [4.78, 5) is 14.7. The Morgan fingerprint density at radius 1 is 1.14 bits per heavy atom. The molecule has 37 heavy (non-hydrogen) atoms. The first-order valence-electron chi connectivity index (χ1n) is 10.4. The molecule has 1 aliphatic rings. The summed E-state index contributed by atoms with van der Waals surface area (Å²) < 4.78 is 110. The quantitative estimate of drug-likeness (QED) is 0.305. The number of nitrogens with one attached hydrogen (secondary N) is 1. The molecule has 1 aliphatic heterocycles. The molecule has 1 saturated heterocycles. The molecule has 1 atom stereocenters. The van der Waals surface area contributed by atoms with Crippen molar-refractivity contribution in [3.05, 3.63) is 53.3 Å². The first kappa shape index (κ1) is 29.0. The molecule has 1 unspecified atom stereocenters. The number of benzene rings is 1. The molecule has 1 fully saturated rings. The maximum Gasteiger partial charge on any atom is 0.433 e. The third kappa shape index (κ3) is 6.48. The van der Waals surface area contributed by atoms with E-state index in [0.29, 0.717) is 17.9 Å². The van der Waals surface area contributed by atoms with Gasteiger partial charge in [0.1, 0.15) is 29.8 Å². The van der Waals surface area contributed by atoms with Gasteiger partial charge in [-0.25, -0.2) is 18.9 Å². The van der Waals surface area contributed by atoms with Crippen LogP contribution in [0.4, 0.5) is 26.3 Å². The van der Waals surface area contributed by atoms with Crippen LogP contribution in [0.3, 0.4) is 0 Å². The zero-order valence-electron chi connectivity index (χ0n) is 19.2. The highest BCUT2D eigenvalue weighted by atomic mass is 32.2. The average Bonchev–Trinajstić information content (AvgIpc) is 2.80.